The molecule has 0 spiro atoms. The third kappa shape index (κ3) is 2.09. The highest BCUT2D eigenvalue weighted by atomic mass is 16.3. The van der Waals surface area contributed by atoms with Crippen molar-refractivity contribution in [3.8, 4) is 0 Å². The standard InChI is InChI=1S/C14H20O3/c1-2-5-13(17)14-7-4-3-6-10(14)8-11(15)12(16)9-14/h2,5,8,11-12,15-16H,3-4,6-7,9H2,1H3/b5-2+/t11?,12?,14-/m1/s1. The minimum absolute atomic E-state index is 0.0805. The van der Waals surface area contributed by atoms with Crippen LogP contribution in [0.5, 0.6) is 0 Å². The van der Waals surface area contributed by atoms with Crippen LogP contribution in [0.2, 0.25) is 0 Å². The van der Waals surface area contributed by atoms with E-state index in [1.54, 1.807) is 18.2 Å². The highest BCUT2D eigenvalue weighted by molar-refractivity contribution is 5.97. The van der Waals surface area contributed by atoms with E-state index in [0.29, 0.717) is 6.42 Å². The Bertz CT molecular complexity index is 370. The van der Waals surface area contributed by atoms with Crippen LogP contribution in [0.4, 0.5) is 0 Å². The van der Waals surface area contributed by atoms with Crippen LogP contribution in [0.15, 0.2) is 23.8 Å². The first kappa shape index (κ1) is 12.5. The molecule has 0 aromatic carbocycles. The summed E-state index contributed by atoms with van der Waals surface area (Å²) in [6.45, 7) is 1.83. The molecule has 3 heteroatoms. The maximum Gasteiger partial charge on any atom is 0.165 e. The summed E-state index contributed by atoms with van der Waals surface area (Å²) >= 11 is 0. The number of hydrogen-bond donors (Lipinski definition) is 2. The molecule has 0 heterocycles. The number of hydrogen-bond acceptors (Lipinski definition) is 3. The van der Waals surface area contributed by atoms with Crippen molar-refractivity contribution in [3.63, 3.8) is 0 Å². The maximum absolute atomic E-state index is 12.3. The van der Waals surface area contributed by atoms with Crippen LogP contribution in [0.25, 0.3) is 0 Å². The molecule has 0 aromatic heterocycles. The Morgan fingerprint density at radius 3 is 2.94 bits per heavy atom. The van der Waals surface area contributed by atoms with E-state index < -0.39 is 17.6 Å². The van der Waals surface area contributed by atoms with Crippen LogP contribution in [0.1, 0.15) is 39.0 Å². The van der Waals surface area contributed by atoms with E-state index in [0.717, 1.165) is 31.3 Å². The number of aliphatic hydroxyl groups is 2. The summed E-state index contributed by atoms with van der Waals surface area (Å²) in [5.74, 6) is 0.0805. The summed E-state index contributed by atoms with van der Waals surface area (Å²) in [6.07, 6.45) is 7.55. The molecule has 0 amide bonds. The monoisotopic (exact) mass is 236 g/mol. The predicted molar refractivity (Wildman–Crippen MR) is 65.4 cm³/mol. The molecule has 1 fully saturated rings. The normalized spacial score (nSPS) is 37.7. The molecule has 2 aliphatic carbocycles. The Morgan fingerprint density at radius 2 is 2.24 bits per heavy atom. The van der Waals surface area contributed by atoms with Gasteiger partial charge in [-0.2, -0.15) is 0 Å². The van der Waals surface area contributed by atoms with E-state index in [9.17, 15) is 15.0 Å². The van der Waals surface area contributed by atoms with Gasteiger partial charge in [0.15, 0.2) is 5.78 Å². The summed E-state index contributed by atoms with van der Waals surface area (Å²) in [5, 5.41) is 19.5. The maximum atomic E-state index is 12.3. The Labute approximate surface area is 102 Å². The molecular formula is C14H20O3. The van der Waals surface area contributed by atoms with Crippen molar-refractivity contribution in [3.05, 3.63) is 23.8 Å². The van der Waals surface area contributed by atoms with E-state index in [2.05, 4.69) is 0 Å². The fraction of sp³-hybridized carbons (Fsp3) is 0.643. The first-order valence-electron chi connectivity index (χ1n) is 6.34. The average Bonchev–Trinajstić information content (AvgIpc) is 2.31. The van der Waals surface area contributed by atoms with Gasteiger partial charge in [-0.05, 0) is 38.7 Å². The highest BCUT2D eigenvalue weighted by Crippen LogP contribution is 2.48. The molecule has 1 saturated carbocycles. The molecular weight excluding hydrogens is 216 g/mol. The predicted octanol–water partition coefficient (Wildman–Crippen LogP) is 1.74. The Morgan fingerprint density at radius 1 is 1.47 bits per heavy atom. The van der Waals surface area contributed by atoms with Gasteiger partial charge in [0.1, 0.15) is 0 Å². The van der Waals surface area contributed by atoms with Gasteiger partial charge < -0.3 is 10.2 Å². The van der Waals surface area contributed by atoms with Gasteiger partial charge in [0.05, 0.1) is 17.6 Å². The molecule has 0 radical (unpaired) electrons. The fourth-order valence-electron chi connectivity index (χ4n) is 3.11. The molecule has 3 nitrogen and oxygen atoms in total. The van der Waals surface area contributed by atoms with Gasteiger partial charge in [0.25, 0.3) is 0 Å². The van der Waals surface area contributed by atoms with Crippen LogP contribution in [0, 0.1) is 5.41 Å². The molecule has 2 N–H and O–H groups in total. The first-order chi connectivity index (χ1) is 8.10. The zero-order valence-electron chi connectivity index (χ0n) is 10.2. The summed E-state index contributed by atoms with van der Waals surface area (Å²) in [6, 6.07) is 0. The molecule has 0 saturated heterocycles. The number of carbonyl (C=O) groups excluding carboxylic acids is 1. The second-order valence-electron chi connectivity index (χ2n) is 5.11. The smallest absolute Gasteiger partial charge is 0.165 e. The lowest BCUT2D eigenvalue weighted by Crippen LogP contribution is -2.45. The number of rotatable bonds is 2. The van der Waals surface area contributed by atoms with E-state index in [4.69, 9.17) is 0 Å². The van der Waals surface area contributed by atoms with Crippen LogP contribution in [-0.4, -0.2) is 28.2 Å². The topological polar surface area (TPSA) is 57.5 Å². The Hall–Kier alpha value is -0.930. The summed E-state index contributed by atoms with van der Waals surface area (Å²) in [4.78, 5) is 12.3. The second kappa shape index (κ2) is 4.75. The van der Waals surface area contributed by atoms with Crippen molar-refractivity contribution in [2.24, 2.45) is 5.41 Å². The second-order valence-corrected chi connectivity index (χ2v) is 5.11. The quantitative estimate of drug-likeness (QED) is 0.567. The molecule has 0 aromatic rings. The van der Waals surface area contributed by atoms with Crippen LogP contribution in [-0.2, 0) is 4.79 Å². The minimum atomic E-state index is -0.814. The molecule has 2 aliphatic rings. The van der Waals surface area contributed by atoms with Crippen LogP contribution in [0.3, 0.4) is 0 Å². The summed E-state index contributed by atoms with van der Waals surface area (Å²) in [7, 11) is 0. The molecule has 0 bridgehead atoms. The SMILES string of the molecule is C/C=C/C(=O)[C@@]12CCCCC1=CC(O)C(O)C2. The molecule has 2 rings (SSSR count). The van der Waals surface area contributed by atoms with Crippen molar-refractivity contribution in [2.45, 2.75) is 51.2 Å². The van der Waals surface area contributed by atoms with Gasteiger partial charge >= 0.3 is 0 Å². The Kier molecular flexibility index (Phi) is 3.50. The lowest BCUT2D eigenvalue weighted by atomic mass is 9.61. The molecule has 17 heavy (non-hydrogen) atoms. The van der Waals surface area contributed by atoms with Crippen molar-refractivity contribution in [1.82, 2.24) is 0 Å². The first-order valence-corrected chi connectivity index (χ1v) is 6.34. The summed E-state index contributed by atoms with van der Waals surface area (Å²) < 4.78 is 0. The van der Waals surface area contributed by atoms with Gasteiger partial charge in [-0.15, -0.1) is 0 Å². The average molecular weight is 236 g/mol. The number of allylic oxidation sites excluding steroid dienone is 3. The fourth-order valence-corrected chi connectivity index (χ4v) is 3.11. The molecule has 2 unspecified atom stereocenters. The van der Waals surface area contributed by atoms with Gasteiger partial charge in [-0.25, -0.2) is 0 Å². The number of carbonyl (C=O) groups is 1. The van der Waals surface area contributed by atoms with Gasteiger partial charge in [0, 0.05) is 0 Å². The highest BCUT2D eigenvalue weighted by Gasteiger charge is 2.46. The van der Waals surface area contributed by atoms with Crippen LogP contribution < -0.4 is 0 Å². The zero-order chi connectivity index (χ0) is 12.5. The lowest BCUT2D eigenvalue weighted by molar-refractivity contribution is -0.126. The third-order valence-electron chi connectivity index (χ3n) is 4.03. The number of fused-ring (bicyclic) bond motifs is 1. The molecule has 94 valence electrons. The van der Waals surface area contributed by atoms with Gasteiger partial charge in [0.2, 0.25) is 0 Å². The third-order valence-corrected chi connectivity index (χ3v) is 4.03. The Balaban J connectivity index is 2.39. The lowest BCUT2D eigenvalue weighted by Gasteiger charge is -2.43. The van der Waals surface area contributed by atoms with Crippen molar-refractivity contribution in [2.75, 3.05) is 0 Å². The van der Waals surface area contributed by atoms with E-state index >= 15 is 0 Å². The number of ketones is 1. The van der Waals surface area contributed by atoms with Gasteiger partial charge in [-0.3, -0.25) is 4.79 Å². The van der Waals surface area contributed by atoms with E-state index in [1.165, 1.54) is 0 Å². The van der Waals surface area contributed by atoms with Crippen molar-refractivity contribution < 1.29 is 15.0 Å². The van der Waals surface area contributed by atoms with Crippen molar-refractivity contribution in [1.29, 1.82) is 0 Å². The van der Waals surface area contributed by atoms with E-state index in [-0.39, 0.29) is 5.78 Å². The largest absolute Gasteiger partial charge is 0.390 e. The minimum Gasteiger partial charge on any atom is -0.390 e. The molecule has 0 aliphatic heterocycles. The van der Waals surface area contributed by atoms with Gasteiger partial charge in [-0.1, -0.05) is 24.1 Å². The summed E-state index contributed by atoms with van der Waals surface area (Å²) in [5.41, 5.74) is 0.494. The van der Waals surface area contributed by atoms with Crippen LogP contribution >= 0.6 is 0 Å². The zero-order valence-corrected chi connectivity index (χ0v) is 10.2. The van der Waals surface area contributed by atoms with Crippen molar-refractivity contribution >= 4 is 5.78 Å². The molecule has 3 atom stereocenters. The number of aliphatic hydroxyl groups excluding tert-OH is 2. The van der Waals surface area contributed by atoms with E-state index in [1.807, 2.05) is 6.92 Å².